The van der Waals surface area contributed by atoms with Gasteiger partial charge in [0.25, 0.3) is 0 Å². The third-order valence-corrected chi connectivity index (χ3v) is 3.24. The number of nitrogens with two attached hydrogens (primary N) is 2. The fraction of sp³-hybridized carbons (Fsp3) is 0.385. The van der Waals surface area contributed by atoms with Gasteiger partial charge in [-0.15, -0.1) is 0 Å². The number of carbonyl (C=O) groups is 2. The van der Waals surface area contributed by atoms with Crippen LogP contribution in [0.15, 0.2) is 24.3 Å². The number of carbonyl (C=O) groups excluding carboxylic acids is 2. The van der Waals surface area contributed by atoms with Crippen molar-refractivity contribution in [3.8, 4) is 0 Å². The molecular weight excluding hydrogens is 311 g/mol. The molecule has 4 nitrogen and oxygen atoms in total. The molecule has 4 N–H and O–H groups in total. The number of benzene rings is 1. The maximum Gasteiger partial charge on any atom is 0.458 e. The molecule has 0 aromatic heterocycles. The van der Waals surface area contributed by atoms with Gasteiger partial charge in [0.1, 0.15) is 5.92 Å². The Hall–Kier alpha value is -2.19. The van der Waals surface area contributed by atoms with Crippen LogP contribution in [0.2, 0.25) is 0 Å². The lowest BCUT2D eigenvalue weighted by molar-refractivity contribution is -0.289. The lowest BCUT2D eigenvalue weighted by Crippen LogP contribution is -2.38. The maximum absolute atomic E-state index is 13.3. The Kier molecular flexibility index (Phi) is 4.79. The van der Waals surface area contributed by atoms with E-state index in [1.54, 1.807) is 0 Å². The van der Waals surface area contributed by atoms with Crippen LogP contribution < -0.4 is 11.5 Å². The van der Waals surface area contributed by atoms with Crippen molar-refractivity contribution in [1.82, 2.24) is 0 Å². The molecule has 0 aliphatic heterocycles. The molecule has 1 atom stereocenters. The fourth-order valence-corrected chi connectivity index (χ4v) is 2.01. The molecule has 9 heteroatoms. The molecule has 1 rings (SSSR count). The second kappa shape index (κ2) is 5.90. The lowest BCUT2D eigenvalue weighted by Gasteiger charge is -2.23. The topological polar surface area (TPSA) is 86.2 Å². The van der Waals surface area contributed by atoms with E-state index in [1.165, 1.54) is 13.0 Å². The third-order valence-electron chi connectivity index (χ3n) is 3.24. The molecule has 1 aromatic carbocycles. The van der Waals surface area contributed by atoms with Crippen molar-refractivity contribution in [2.24, 2.45) is 17.4 Å². The number of primary amides is 2. The summed E-state index contributed by atoms with van der Waals surface area (Å²) in [4.78, 5) is 22.4. The van der Waals surface area contributed by atoms with Crippen LogP contribution in [0.3, 0.4) is 0 Å². The van der Waals surface area contributed by atoms with Gasteiger partial charge < -0.3 is 11.5 Å². The van der Waals surface area contributed by atoms with Gasteiger partial charge in [-0.1, -0.05) is 25.1 Å². The zero-order chi connectivity index (χ0) is 17.3. The molecule has 0 radical (unpaired) electrons. The van der Waals surface area contributed by atoms with Crippen molar-refractivity contribution >= 4 is 11.8 Å². The minimum Gasteiger partial charge on any atom is -0.369 e. The van der Waals surface area contributed by atoms with Gasteiger partial charge in [0.05, 0.1) is 0 Å². The number of hydrogen-bond acceptors (Lipinski definition) is 2. The summed E-state index contributed by atoms with van der Waals surface area (Å²) < 4.78 is 63.7. The highest BCUT2D eigenvalue weighted by atomic mass is 19.4. The lowest BCUT2D eigenvalue weighted by atomic mass is 9.85. The highest BCUT2D eigenvalue weighted by molar-refractivity contribution is 5.99. The standard InChI is InChI=1S/C13H13F5N2O2/c1-6(9(10(19)21)11(20)22)7-3-2-4-8(5-7)12(14,15)13(16,17)18/h2-6,9H,1H3,(H2,19,21)(H2,20,22)/t6-/m1/s1. The maximum atomic E-state index is 13.3. The van der Waals surface area contributed by atoms with E-state index in [2.05, 4.69) is 0 Å². The minimum absolute atomic E-state index is 0.0796. The smallest absolute Gasteiger partial charge is 0.369 e. The summed E-state index contributed by atoms with van der Waals surface area (Å²) in [5, 5.41) is 0. The Morgan fingerprint density at radius 3 is 1.95 bits per heavy atom. The predicted molar refractivity (Wildman–Crippen MR) is 66.7 cm³/mol. The van der Waals surface area contributed by atoms with Crippen LogP contribution in [0, 0.1) is 5.92 Å². The highest BCUT2D eigenvalue weighted by Crippen LogP contribution is 2.44. The fourth-order valence-electron chi connectivity index (χ4n) is 2.01. The van der Waals surface area contributed by atoms with Gasteiger partial charge in [-0.2, -0.15) is 22.0 Å². The molecule has 0 spiro atoms. The van der Waals surface area contributed by atoms with Crippen LogP contribution in [-0.2, 0) is 15.5 Å². The largest absolute Gasteiger partial charge is 0.458 e. The molecule has 0 fully saturated rings. The Labute approximate surface area is 122 Å². The molecular formula is C13H13F5N2O2. The van der Waals surface area contributed by atoms with Crippen LogP contribution in [0.25, 0.3) is 0 Å². The second-order valence-electron chi connectivity index (χ2n) is 4.77. The van der Waals surface area contributed by atoms with E-state index in [-0.39, 0.29) is 5.56 Å². The molecule has 2 amide bonds. The quantitative estimate of drug-likeness (QED) is 0.641. The van der Waals surface area contributed by atoms with Gasteiger partial charge in [-0.05, 0) is 11.6 Å². The van der Waals surface area contributed by atoms with Gasteiger partial charge in [0.2, 0.25) is 11.8 Å². The van der Waals surface area contributed by atoms with E-state index in [4.69, 9.17) is 11.5 Å². The van der Waals surface area contributed by atoms with E-state index in [0.29, 0.717) is 12.1 Å². The Morgan fingerprint density at radius 1 is 1.05 bits per heavy atom. The first-order valence-electron chi connectivity index (χ1n) is 6.03. The number of halogens is 5. The van der Waals surface area contributed by atoms with Crippen molar-refractivity contribution in [2.45, 2.75) is 24.9 Å². The van der Waals surface area contributed by atoms with E-state index < -0.39 is 41.3 Å². The van der Waals surface area contributed by atoms with Crippen molar-refractivity contribution < 1.29 is 31.5 Å². The van der Waals surface area contributed by atoms with Crippen molar-refractivity contribution in [2.75, 3.05) is 0 Å². The monoisotopic (exact) mass is 324 g/mol. The van der Waals surface area contributed by atoms with Crippen LogP contribution in [-0.4, -0.2) is 18.0 Å². The first-order chi connectivity index (χ1) is 9.89. The highest BCUT2D eigenvalue weighted by Gasteiger charge is 2.58. The predicted octanol–water partition coefficient (Wildman–Crippen LogP) is 2.03. The van der Waals surface area contributed by atoms with E-state index in [9.17, 15) is 31.5 Å². The second-order valence-corrected chi connectivity index (χ2v) is 4.77. The molecule has 1 aromatic rings. The van der Waals surface area contributed by atoms with Crippen molar-refractivity contribution in [3.63, 3.8) is 0 Å². The van der Waals surface area contributed by atoms with Gasteiger partial charge in [-0.3, -0.25) is 9.59 Å². The van der Waals surface area contributed by atoms with E-state index in [1.807, 2.05) is 0 Å². The normalized spacial score (nSPS) is 14.0. The van der Waals surface area contributed by atoms with Crippen molar-refractivity contribution in [3.05, 3.63) is 35.4 Å². The number of alkyl halides is 5. The molecule has 0 heterocycles. The van der Waals surface area contributed by atoms with Gasteiger partial charge in [0.15, 0.2) is 0 Å². The molecule has 122 valence electrons. The summed E-state index contributed by atoms with van der Waals surface area (Å²) in [6.45, 7) is 1.28. The molecule has 0 aliphatic carbocycles. The van der Waals surface area contributed by atoms with E-state index >= 15 is 0 Å². The van der Waals surface area contributed by atoms with Crippen LogP contribution >= 0.6 is 0 Å². The van der Waals surface area contributed by atoms with Crippen LogP contribution in [0.1, 0.15) is 24.0 Å². The molecule has 0 aliphatic rings. The molecule has 22 heavy (non-hydrogen) atoms. The SMILES string of the molecule is C[C@H](c1cccc(C(F)(F)C(F)(F)F)c1)C(C(N)=O)C(N)=O. The number of amides is 2. The summed E-state index contributed by atoms with van der Waals surface area (Å²) in [6, 6.07) is 3.36. The Morgan fingerprint density at radius 2 is 1.55 bits per heavy atom. The summed E-state index contributed by atoms with van der Waals surface area (Å²) >= 11 is 0. The average Bonchev–Trinajstić information content (AvgIpc) is 2.36. The van der Waals surface area contributed by atoms with E-state index in [0.717, 1.165) is 6.07 Å². The zero-order valence-corrected chi connectivity index (χ0v) is 11.3. The first-order valence-corrected chi connectivity index (χ1v) is 6.03. The van der Waals surface area contributed by atoms with Gasteiger partial charge in [0, 0.05) is 11.5 Å². The molecule has 0 unspecified atom stereocenters. The molecule has 0 saturated carbocycles. The van der Waals surface area contributed by atoms with Gasteiger partial charge in [-0.25, -0.2) is 0 Å². The Bertz CT molecular complexity index is 572. The molecule has 0 bridgehead atoms. The van der Waals surface area contributed by atoms with Gasteiger partial charge >= 0.3 is 12.1 Å². The average molecular weight is 324 g/mol. The summed E-state index contributed by atoms with van der Waals surface area (Å²) in [7, 11) is 0. The minimum atomic E-state index is -5.76. The Balaban J connectivity index is 3.27. The number of hydrogen-bond donors (Lipinski definition) is 2. The molecule has 0 saturated heterocycles. The number of rotatable bonds is 5. The third kappa shape index (κ3) is 3.34. The van der Waals surface area contributed by atoms with Crippen LogP contribution in [0.4, 0.5) is 22.0 Å². The van der Waals surface area contributed by atoms with Crippen molar-refractivity contribution in [1.29, 1.82) is 0 Å². The van der Waals surface area contributed by atoms with Crippen LogP contribution in [0.5, 0.6) is 0 Å². The zero-order valence-electron chi connectivity index (χ0n) is 11.3. The summed E-state index contributed by atoms with van der Waals surface area (Å²) in [6.07, 6.45) is -5.76. The summed E-state index contributed by atoms with van der Waals surface area (Å²) in [5.41, 5.74) is 8.63. The summed E-state index contributed by atoms with van der Waals surface area (Å²) in [5.74, 6) is -9.80. The first kappa shape index (κ1) is 17.9.